The smallest absolute Gasteiger partial charge is 0.326 e. The number of rotatable bonds is 9. The molecule has 2 aromatic rings. The van der Waals surface area contributed by atoms with Gasteiger partial charge < -0.3 is 14.2 Å². The Hall–Kier alpha value is -2.53. The first-order valence-corrected chi connectivity index (χ1v) is 12.1. The first kappa shape index (κ1) is 25.1. The van der Waals surface area contributed by atoms with Crippen molar-refractivity contribution in [1.82, 2.24) is 4.90 Å². The molecule has 33 heavy (non-hydrogen) atoms. The van der Waals surface area contributed by atoms with Crippen molar-refractivity contribution in [3.8, 4) is 11.5 Å². The molecule has 9 heteroatoms. The van der Waals surface area contributed by atoms with Crippen LogP contribution in [-0.4, -0.2) is 42.3 Å². The summed E-state index contributed by atoms with van der Waals surface area (Å²) in [6.45, 7) is 4.04. The average molecular weight is 581 g/mol. The van der Waals surface area contributed by atoms with E-state index in [1.165, 1.54) is 0 Å². The summed E-state index contributed by atoms with van der Waals surface area (Å²) in [6, 6.07) is 13.4. The van der Waals surface area contributed by atoms with Crippen LogP contribution in [-0.2, 0) is 20.9 Å². The molecule has 1 aliphatic rings. The number of methoxy groups -OCH3 is 1. The van der Waals surface area contributed by atoms with E-state index in [1.807, 2.05) is 50.2 Å². The summed E-state index contributed by atoms with van der Waals surface area (Å²) in [4.78, 5) is 38.1. The predicted octanol–water partition coefficient (Wildman–Crippen LogP) is 5.11. The highest BCUT2D eigenvalue weighted by Crippen LogP contribution is 2.37. The van der Waals surface area contributed by atoms with Gasteiger partial charge in [0.15, 0.2) is 11.5 Å². The monoisotopic (exact) mass is 581 g/mol. The summed E-state index contributed by atoms with van der Waals surface area (Å²) in [6.07, 6.45) is 1.61. The largest absolute Gasteiger partial charge is 0.493 e. The third kappa shape index (κ3) is 6.73. The fraction of sp³-hybridized carbons (Fsp3) is 0.292. The lowest BCUT2D eigenvalue weighted by molar-refractivity contribution is -0.147. The van der Waals surface area contributed by atoms with Gasteiger partial charge in [0.1, 0.15) is 13.2 Å². The number of hydrogen-bond donors (Lipinski definition) is 0. The molecule has 0 N–H and O–H groups in total. The Balaban J connectivity index is 1.74. The van der Waals surface area contributed by atoms with Gasteiger partial charge >= 0.3 is 5.97 Å². The Labute approximate surface area is 210 Å². The van der Waals surface area contributed by atoms with Crippen LogP contribution in [0, 0.1) is 9.49 Å². The Morgan fingerprint density at radius 2 is 1.91 bits per heavy atom. The molecule has 0 aliphatic carbocycles. The first-order valence-electron chi connectivity index (χ1n) is 10.2. The molecule has 0 spiro atoms. The second-order valence-corrected chi connectivity index (χ2v) is 9.81. The van der Waals surface area contributed by atoms with Gasteiger partial charge in [-0.1, -0.05) is 44.2 Å². The van der Waals surface area contributed by atoms with E-state index < -0.39 is 23.7 Å². The number of benzene rings is 2. The van der Waals surface area contributed by atoms with E-state index in [4.69, 9.17) is 14.2 Å². The highest BCUT2D eigenvalue weighted by molar-refractivity contribution is 14.1. The number of carbonyl (C=O) groups excluding carboxylic acids is 3. The number of nitrogens with zero attached hydrogens (tertiary/aromatic N) is 1. The van der Waals surface area contributed by atoms with Crippen LogP contribution >= 0.6 is 34.4 Å². The van der Waals surface area contributed by atoms with E-state index in [0.29, 0.717) is 23.7 Å². The van der Waals surface area contributed by atoms with Crippen LogP contribution in [0.2, 0.25) is 0 Å². The van der Waals surface area contributed by atoms with Gasteiger partial charge in [-0.15, -0.1) is 0 Å². The average Bonchev–Trinajstić information content (AvgIpc) is 3.04. The maximum atomic E-state index is 12.7. The van der Waals surface area contributed by atoms with Gasteiger partial charge in [-0.3, -0.25) is 19.3 Å². The Bertz CT molecular complexity index is 1070. The fourth-order valence-electron chi connectivity index (χ4n) is 2.91. The lowest BCUT2D eigenvalue weighted by atomic mass is 10.1. The van der Waals surface area contributed by atoms with E-state index in [2.05, 4.69) is 22.6 Å². The van der Waals surface area contributed by atoms with Gasteiger partial charge in [-0.05, 0) is 69.6 Å². The highest BCUT2D eigenvalue weighted by atomic mass is 127. The standard InChI is InChI=1S/C24H24INO6S/c1-15(2)13-31-21(27)12-26-23(28)20(33-24(26)29)11-17-9-18(25)22(19(10-17)30-3)32-14-16-7-5-4-6-8-16/h4-11,15H,12-14H2,1-3H3/b20-11+. The number of imide groups is 1. The van der Waals surface area contributed by atoms with Gasteiger partial charge in [-0.25, -0.2) is 0 Å². The molecule has 1 heterocycles. The van der Waals surface area contributed by atoms with Gasteiger partial charge in [0, 0.05) is 0 Å². The molecule has 7 nitrogen and oxygen atoms in total. The molecule has 0 unspecified atom stereocenters. The predicted molar refractivity (Wildman–Crippen MR) is 135 cm³/mol. The van der Waals surface area contributed by atoms with Crippen LogP contribution in [0.15, 0.2) is 47.4 Å². The fourth-order valence-corrected chi connectivity index (χ4v) is 4.53. The van der Waals surface area contributed by atoms with Crippen molar-refractivity contribution in [2.45, 2.75) is 20.5 Å². The normalized spacial score (nSPS) is 14.8. The van der Waals surface area contributed by atoms with Crippen LogP contribution in [0.3, 0.4) is 0 Å². The maximum absolute atomic E-state index is 12.7. The highest BCUT2D eigenvalue weighted by Gasteiger charge is 2.36. The van der Waals surface area contributed by atoms with Crippen molar-refractivity contribution in [2.24, 2.45) is 5.92 Å². The lowest BCUT2D eigenvalue weighted by Gasteiger charge is -2.14. The summed E-state index contributed by atoms with van der Waals surface area (Å²) < 4.78 is 17.3. The van der Waals surface area contributed by atoms with Crippen molar-refractivity contribution < 1.29 is 28.6 Å². The molecule has 174 valence electrons. The minimum atomic E-state index is -0.608. The van der Waals surface area contributed by atoms with Crippen LogP contribution in [0.5, 0.6) is 11.5 Å². The Kier molecular flexibility index (Phi) is 8.79. The van der Waals surface area contributed by atoms with E-state index in [-0.39, 0.29) is 17.4 Å². The molecule has 0 radical (unpaired) electrons. The van der Waals surface area contributed by atoms with Gasteiger partial charge in [-0.2, -0.15) is 0 Å². The SMILES string of the molecule is COc1cc(/C=C2/SC(=O)N(CC(=O)OCC(C)C)C2=O)cc(I)c1OCc1ccccc1. The summed E-state index contributed by atoms with van der Waals surface area (Å²) in [7, 11) is 1.54. The Morgan fingerprint density at radius 1 is 1.18 bits per heavy atom. The molecule has 2 aromatic carbocycles. The molecular formula is C24H24INO6S. The van der Waals surface area contributed by atoms with Crippen LogP contribution in [0.25, 0.3) is 6.08 Å². The zero-order valence-corrected chi connectivity index (χ0v) is 21.5. The van der Waals surface area contributed by atoms with Crippen molar-refractivity contribution in [3.63, 3.8) is 0 Å². The third-order valence-corrected chi connectivity index (χ3v) is 6.22. The minimum Gasteiger partial charge on any atom is -0.493 e. The minimum absolute atomic E-state index is 0.167. The van der Waals surface area contributed by atoms with Gasteiger partial charge in [0.2, 0.25) is 0 Å². The number of carbonyl (C=O) groups is 3. The second kappa shape index (κ2) is 11.6. The van der Waals surface area contributed by atoms with Crippen molar-refractivity contribution in [2.75, 3.05) is 20.3 Å². The van der Waals surface area contributed by atoms with E-state index in [0.717, 1.165) is 25.8 Å². The number of amides is 2. The molecule has 0 saturated carbocycles. The van der Waals surface area contributed by atoms with Crippen molar-refractivity contribution in [1.29, 1.82) is 0 Å². The molecular weight excluding hydrogens is 557 g/mol. The number of esters is 1. The van der Waals surface area contributed by atoms with E-state index in [1.54, 1.807) is 19.3 Å². The van der Waals surface area contributed by atoms with Gasteiger partial charge in [0.25, 0.3) is 11.1 Å². The number of halogens is 1. The van der Waals surface area contributed by atoms with Crippen LogP contribution < -0.4 is 9.47 Å². The lowest BCUT2D eigenvalue weighted by Crippen LogP contribution is -2.34. The molecule has 2 amide bonds. The molecule has 0 atom stereocenters. The van der Waals surface area contributed by atoms with E-state index in [9.17, 15) is 14.4 Å². The summed E-state index contributed by atoms with van der Waals surface area (Å²) in [5.74, 6) is 0.148. The summed E-state index contributed by atoms with van der Waals surface area (Å²) in [5.41, 5.74) is 1.70. The third-order valence-electron chi connectivity index (χ3n) is 4.51. The molecule has 1 saturated heterocycles. The van der Waals surface area contributed by atoms with Crippen LogP contribution in [0.4, 0.5) is 4.79 Å². The number of thioether (sulfide) groups is 1. The zero-order valence-electron chi connectivity index (χ0n) is 18.5. The maximum Gasteiger partial charge on any atom is 0.326 e. The molecule has 1 fully saturated rings. The van der Waals surface area contributed by atoms with Crippen LogP contribution in [0.1, 0.15) is 25.0 Å². The van der Waals surface area contributed by atoms with Crippen molar-refractivity contribution >= 4 is 57.5 Å². The zero-order chi connectivity index (χ0) is 24.0. The Morgan fingerprint density at radius 3 is 2.58 bits per heavy atom. The quantitative estimate of drug-likeness (QED) is 0.231. The van der Waals surface area contributed by atoms with Crippen molar-refractivity contribution in [3.05, 3.63) is 62.1 Å². The second-order valence-electron chi connectivity index (χ2n) is 7.65. The number of hydrogen-bond acceptors (Lipinski definition) is 7. The molecule has 0 aromatic heterocycles. The molecule has 1 aliphatic heterocycles. The number of ether oxygens (including phenoxy) is 3. The molecule has 3 rings (SSSR count). The topological polar surface area (TPSA) is 82.1 Å². The summed E-state index contributed by atoms with van der Waals surface area (Å²) in [5, 5.41) is -0.503. The summed E-state index contributed by atoms with van der Waals surface area (Å²) >= 11 is 2.93. The molecule has 0 bridgehead atoms. The van der Waals surface area contributed by atoms with E-state index >= 15 is 0 Å². The first-order chi connectivity index (χ1) is 15.8. The van der Waals surface area contributed by atoms with Gasteiger partial charge in [0.05, 0.1) is 22.2 Å².